The molecule has 0 aromatic heterocycles. The van der Waals surface area contributed by atoms with Crippen LogP contribution in [0.4, 0.5) is 0 Å². The first-order chi connectivity index (χ1) is 10.1. The molecule has 1 aromatic carbocycles. The topological polar surface area (TPSA) is 46.2 Å². The Labute approximate surface area is 125 Å². The second-order valence-corrected chi connectivity index (χ2v) is 5.86. The molecule has 0 bridgehead atoms. The summed E-state index contributed by atoms with van der Waals surface area (Å²) >= 11 is 0. The highest BCUT2D eigenvalue weighted by Crippen LogP contribution is 2.39. The smallest absolute Gasteiger partial charge is 0.187 e. The van der Waals surface area contributed by atoms with Gasteiger partial charge in [-0.05, 0) is 19.4 Å². The monoisotopic (exact) mass is 294 g/mol. The summed E-state index contributed by atoms with van der Waals surface area (Å²) in [7, 11) is 1.65. The van der Waals surface area contributed by atoms with Crippen molar-refractivity contribution in [2.45, 2.75) is 50.8 Å². The Morgan fingerprint density at radius 1 is 1.10 bits per heavy atom. The molecule has 3 rings (SSSR count). The normalized spacial score (nSPS) is 34.0. The van der Waals surface area contributed by atoms with Crippen LogP contribution < -0.4 is 0 Å². The van der Waals surface area contributed by atoms with Gasteiger partial charge in [0, 0.05) is 7.11 Å². The van der Waals surface area contributed by atoms with E-state index in [4.69, 9.17) is 23.7 Å². The van der Waals surface area contributed by atoms with E-state index in [1.54, 1.807) is 7.11 Å². The molecule has 5 nitrogen and oxygen atoms in total. The SMILES string of the molecule is COCC1OC(OCc2ccccc2)C2OC(C)(C)OC12. The number of hydrogen-bond donors (Lipinski definition) is 0. The van der Waals surface area contributed by atoms with Gasteiger partial charge in [-0.2, -0.15) is 0 Å². The molecule has 0 N–H and O–H groups in total. The molecule has 2 heterocycles. The fourth-order valence-corrected chi connectivity index (χ4v) is 2.83. The number of ether oxygens (including phenoxy) is 5. The largest absolute Gasteiger partial charge is 0.382 e. The minimum absolute atomic E-state index is 0.152. The second-order valence-electron chi connectivity index (χ2n) is 5.86. The van der Waals surface area contributed by atoms with Crippen LogP contribution >= 0.6 is 0 Å². The second kappa shape index (κ2) is 6.02. The molecule has 2 fully saturated rings. The van der Waals surface area contributed by atoms with Crippen molar-refractivity contribution in [2.24, 2.45) is 0 Å². The highest BCUT2D eigenvalue weighted by molar-refractivity contribution is 5.13. The summed E-state index contributed by atoms with van der Waals surface area (Å²) < 4.78 is 28.8. The summed E-state index contributed by atoms with van der Waals surface area (Å²) in [6.07, 6.45) is -0.968. The van der Waals surface area contributed by atoms with Gasteiger partial charge in [0.25, 0.3) is 0 Å². The van der Waals surface area contributed by atoms with Crippen LogP contribution in [-0.2, 0) is 30.3 Å². The summed E-state index contributed by atoms with van der Waals surface area (Å²) in [4.78, 5) is 0. The Balaban J connectivity index is 1.65. The molecule has 0 radical (unpaired) electrons. The van der Waals surface area contributed by atoms with Gasteiger partial charge in [0.2, 0.25) is 0 Å². The predicted octanol–water partition coefficient (Wildman–Crippen LogP) is 2.09. The van der Waals surface area contributed by atoms with Crippen LogP contribution in [0.1, 0.15) is 19.4 Å². The van der Waals surface area contributed by atoms with Crippen LogP contribution in [0.5, 0.6) is 0 Å². The number of hydrogen-bond acceptors (Lipinski definition) is 5. The number of rotatable bonds is 5. The summed E-state index contributed by atoms with van der Waals surface area (Å²) in [6.45, 7) is 4.76. The minimum atomic E-state index is -0.612. The molecule has 2 aliphatic heterocycles. The Morgan fingerprint density at radius 2 is 1.81 bits per heavy atom. The van der Waals surface area contributed by atoms with E-state index >= 15 is 0 Å². The summed E-state index contributed by atoms with van der Waals surface area (Å²) in [5.41, 5.74) is 1.10. The Kier molecular flexibility index (Phi) is 4.28. The van der Waals surface area contributed by atoms with Crippen molar-refractivity contribution in [2.75, 3.05) is 13.7 Å². The van der Waals surface area contributed by atoms with Gasteiger partial charge < -0.3 is 23.7 Å². The van der Waals surface area contributed by atoms with Crippen molar-refractivity contribution in [1.29, 1.82) is 0 Å². The molecule has 4 unspecified atom stereocenters. The van der Waals surface area contributed by atoms with Gasteiger partial charge in [0.1, 0.15) is 18.3 Å². The first-order valence-corrected chi connectivity index (χ1v) is 7.24. The first-order valence-electron chi connectivity index (χ1n) is 7.24. The molecule has 4 atom stereocenters. The Hall–Kier alpha value is -0.980. The highest BCUT2D eigenvalue weighted by atomic mass is 16.8. The van der Waals surface area contributed by atoms with E-state index < -0.39 is 12.1 Å². The van der Waals surface area contributed by atoms with Gasteiger partial charge in [-0.3, -0.25) is 0 Å². The minimum Gasteiger partial charge on any atom is -0.382 e. The van der Waals surface area contributed by atoms with Crippen LogP contribution in [0.15, 0.2) is 30.3 Å². The van der Waals surface area contributed by atoms with Gasteiger partial charge in [-0.25, -0.2) is 0 Å². The lowest BCUT2D eigenvalue weighted by molar-refractivity contribution is -0.240. The molecule has 0 saturated carbocycles. The molecule has 2 aliphatic rings. The Morgan fingerprint density at radius 3 is 2.52 bits per heavy atom. The fraction of sp³-hybridized carbons (Fsp3) is 0.625. The molecule has 0 aliphatic carbocycles. The van der Waals surface area contributed by atoms with Crippen molar-refractivity contribution in [1.82, 2.24) is 0 Å². The molecule has 116 valence electrons. The van der Waals surface area contributed by atoms with Crippen molar-refractivity contribution >= 4 is 0 Å². The standard InChI is InChI=1S/C16H22O5/c1-16(2)20-13-12(10-17-3)19-15(14(13)21-16)18-9-11-7-5-4-6-8-11/h4-8,12-15H,9-10H2,1-3H3. The van der Waals surface area contributed by atoms with Gasteiger partial charge in [0.15, 0.2) is 12.1 Å². The molecule has 2 saturated heterocycles. The van der Waals surface area contributed by atoms with Gasteiger partial charge in [-0.1, -0.05) is 30.3 Å². The van der Waals surface area contributed by atoms with Gasteiger partial charge in [-0.15, -0.1) is 0 Å². The molecule has 0 amide bonds. The quantitative estimate of drug-likeness (QED) is 0.832. The first kappa shape index (κ1) is 14.9. The maximum Gasteiger partial charge on any atom is 0.187 e. The lowest BCUT2D eigenvalue weighted by Gasteiger charge is -2.24. The zero-order chi connectivity index (χ0) is 14.9. The lowest BCUT2D eigenvalue weighted by Crippen LogP contribution is -2.32. The number of methoxy groups -OCH3 is 1. The van der Waals surface area contributed by atoms with Crippen LogP contribution in [0.2, 0.25) is 0 Å². The maximum absolute atomic E-state index is 5.92. The zero-order valence-electron chi connectivity index (χ0n) is 12.7. The molecule has 1 aromatic rings. The fourth-order valence-electron chi connectivity index (χ4n) is 2.83. The van der Waals surface area contributed by atoms with E-state index in [1.165, 1.54) is 0 Å². The number of fused-ring (bicyclic) bond motifs is 1. The van der Waals surface area contributed by atoms with E-state index in [1.807, 2.05) is 44.2 Å². The van der Waals surface area contributed by atoms with Crippen molar-refractivity contribution < 1.29 is 23.7 Å². The molecule has 21 heavy (non-hydrogen) atoms. The predicted molar refractivity (Wildman–Crippen MR) is 75.6 cm³/mol. The molecular weight excluding hydrogens is 272 g/mol. The van der Waals surface area contributed by atoms with E-state index in [-0.39, 0.29) is 18.3 Å². The van der Waals surface area contributed by atoms with Crippen molar-refractivity contribution in [3.05, 3.63) is 35.9 Å². The lowest BCUT2D eigenvalue weighted by atomic mass is 10.1. The average molecular weight is 294 g/mol. The van der Waals surface area contributed by atoms with E-state index in [9.17, 15) is 0 Å². The van der Waals surface area contributed by atoms with E-state index in [0.29, 0.717) is 13.2 Å². The zero-order valence-corrected chi connectivity index (χ0v) is 12.7. The van der Waals surface area contributed by atoms with Crippen LogP contribution in [0, 0.1) is 0 Å². The third-order valence-electron chi connectivity index (χ3n) is 3.70. The molecule has 5 heteroatoms. The van der Waals surface area contributed by atoms with Gasteiger partial charge >= 0.3 is 0 Å². The summed E-state index contributed by atoms with van der Waals surface area (Å²) in [5.74, 6) is -0.612. The highest BCUT2D eigenvalue weighted by Gasteiger charge is 2.55. The van der Waals surface area contributed by atoms with E-state index in [2.05, 4.69) is 0 Å². The van der Waals surface area contributed by atoms with E-state index in [0.717, 1.165) is 5.56 Å². The summed E-state index contributed by atoms with van der Waals surface area (Å²) in [5, 5.41) is 0. The van der Waals surface area contributed by atoms with Crippen LogP contribution in [0.3, 0.4) is 0 Å². The van der Waals surface area contributed by atoms with Gasteiger partial charge in [0.05, 0.1) is 13.2 Å². The molecule has 0 spiro atoms. The van der Waals surface area contributed by atoms with Crippen molar-refractivity contribution in [3.8, 4) is 0 Å². The Bertz CT molecular complexity index is 461. The third kappa shape index (κ3) is 3.27. The molecular formula is C16H22O5. The third-order valence-corrected chi connectivity index (χ3v) is 3.70. The average Bonchev–Trinajstić information content (AvgIpc) is 2.93. The summed E-state index contributed by atoms with van der Waals surface area (Å²) in [6, 6.07) is 10.0. The van der Waals surface area contributed by atoms with Crippen LogP contribution in [0.25, 0.3) is 0 Å². The van der Waals surface area contributed by atoms with Crippen molar-refractivity contribution in [3.63, 3.8) is 0 Å². The number of benzene rings is 1. The maximum atomic E-state index is 5.92. The van der Waals surface area contributed by atoms with Crippen LogP contribution in [-0.4, -0.2) is 44.1 Å².